The number of ether oxygens (including phenoxy) is 2. The van der Waals surface area contributed by atoms with Gasteiger partial charge in [-0.3, -0.25) is 0 Å². The number of hydrogen-bond donors (Lipinski definition) is 0. The molecule has 0 saturated carbocycles. The summed E-state index contributed by atoms with van der Waals surface area (Å²) in [5, 5.41) is 0. The zero-order valence-corrected chi connectivity index (χ0v) is 11.2. The first-order chi connectivity index (χ1) is 7.63. The number of hydrogen-bond acceptors (Lipinski definition) is 3. The smallest absolute Gasteiger partial charge is 0.313 e. The van der Waals surface area contributed by atoms with Crippen LogP contribution in [0.1, 0.15) is 20.8 Å². The SMILES string of the molecule is COC(C)Oc1ccccc1O[Si]C(C)C. The topological polar surface area (TPSA) is 27.7 Å². The summed E-state index contributed by atoms with van der Waals surface area (Å²) in [4.78, 5) is 0. The van der Waals surface area contributed by atoms with Gasteiger partial charge in [-0.05, 0) is 24.6 Å². The van der Waals surface area contributed by atoms with Gasteiger partial charge in [0.25, 0.3) is 0 Å². The number of methoxy groups -OCH3 is 1. The van der Waals surface area contributed by atoms with Crippen molar-refractivity contribution in [2.75, 3.05) is 7.11 Å². The Bertz CT molecular complexity index is 315. The molecule has 0 bridgehead atoms. The quantitative estimate of drug-likeness (QED) is 0.563. The van der Waals surface area contributed by atoms with Crippen LogP contribution in [0.15, 0.2) is 24.3 Å². The standard InChI is InChI=1S/C12H18O3Si/c1-9(2)16-15-12-8-6-5-7-11(12)14-10(3)13-4/h5-10H,1-4H3. The molecule has 0 aromatic heterocycles. The third-order valence-corrected chi connectivity index (χ3v) is 2.69. The summed E-state index contributed by atoms with van der Waals surface area (Å²) < 4.78 is 16.3. The molecule has 0 saturated heterocycles. The highest BCUT2D eigenvalue weighted by molar-refractivity contribution is 6.30. The monoisotopic (exact) mass is 238 g/mol. The van der Waals surface area contributed by atoms with Gasteiger partial charge < -0.3 is 13.9 Å². The molecule has 0 fully saturated rings. The van der Waals surface area contributed by atoms with E-state index in [0.29, 0.717) is 15.3 Å². The Labute approximate surface area is 99.7 Å². The Hall–Kier alpha value is -1.00. The molecule has 0 aliphatic carbocycles. The van der Waals surface area contributed by atoms with E-state index in [2.05, 4.69) is 13.8 Å². The average molecular weight is 238 g/mol. The predicted octanol–water partition coefficient (Wildman–Crippen LogP) is 2.88. The third kappa shape index (κ3) is 4.24. The fourth-order valence-electron chi connectivity index (χ4n) is 1.04. The first kappa shape index (κ1) is 13.1. The van der Waals surface area contributed by atoms with Crippen molar-refractivity contribution in [2.45, 2.75) is 32.6 Å². The van der Waals surface area contributed by atoms with Gasteiger partial charge in [0.1, 0.15) is 5.75 Å². The minimum atomic E-state index is -0.271. The van der Waals surface area contributed by atoms with Crippen LogP contribution < -0.4 is 9.16 Å². The Morgan fingerprint density at radius 3 is 2.25 bits per heavy atom. The van der Waals surface area contributed by atoms with Crippen LogP contribution in [0.5, 0.6) is 11.5 Å². The van der Waals surface area contributed by atoms with Crippen molar-refractivity contribution in [3.63, 3.8) is 0 Å². The molecule has 88 valence electrons. The Kier molecular flexibility index (Phi) is 5.35. The zero-order valence-electron chi connectivity index (χ0n) is 10.2. The van der Waals surface area contributed by atoms with Crippen LogP contribution in [0.2, 0.25) is 5.54 Å². The van der Waals surface area contributed by atoms with E-state index in [1.165, 1.54) is 0 Å². The summed E-state index contributed by atoms with van der Waals surface area (Å²) in [7, 11) is 2.05. The second-order valence-electron chi connectivity index (χ2n) is 3.74. The van der Waals surface area contributed by atoms with Gasteiger partial charge in [0, 0.05) is 7.11 Å². The number of para-hydroxylation sites is 2. The van der Waals surface area contributed by atoms with Gasteiger partial charge in [-0.2, -0.15) is 0 Å². The zero-order chi connectivity index (χ0) is 12.0. The lowest BCUT2D eigenvalue weighted by Crippen LogP contribution is -2.15. The third-order valence-electron chi connectivity index (χ3n) is 1.88. The second-order valence-corrected chi connectivity index (χ2v) is 5.34. The molecule has 0 amide bonds. The molecule has 0 aliphatic rings. The molecule has 0 heterocycles. The fraction of sp³-hybridized carbons (Fsp3) is 0.500. The molecule has 1 aromatic carbocycles. The summed E-state index contributed by atoms with van der Waals surface area (Å²) in [6.07, 6.45) is -0.271. The van der Waals surface area contributed by atoms with Gasteiger partial charge in [-0.25, -0.2) is 0 Å². The van der Waals surface area contributed by atoms with Crippen LogP contribution >= 0.6 is 0 Å². The summed E-state index contributed by atoms with van der Waals surface area (Å²) in [6, 6.07) is 7.65. The Balaban J connectivity index is 2.67. The first-order valence-corrected chi connectivity index (χ1v) is 6.33. The molecule has 1 rings (SSSR count). The van der Waals surface area contributed by atoms with Gasteiger partial charge in [0.15, 0.2) is 12.0 Å². The molecule has 16 heavy (non-hydrogen) atoms. The maximum absolute atomic E-state index is 5.69. The van der Waals surface area contributed by atoms with Crippen molar-refractivity contribution >= 4 is 9.76 Å². The van der Waals surface area contributed by atoms with E-state index in [4.69, 9.17) is 13.9 Å². The number of benzene rings is 1. The number of rotatable bonds is 6. The van der Waals surface area contributed by atoms with Crippen LogP contribution in [-0.4, -0.2) is 23.2 Å². The minimum Gasteiger partial charge on any atom is -0.538 e. The van der Waals surface area contributed by atoms with Gasteiger partial charge in [0.2, 0.25) is 0 Å². The molecule has 0 spiro atoms. The molecule has 0 aliphatic heterocycles. The van der Waals surface area contributed by atoms with E-state index < -0.39 is 0 Å². The maximum atomic E-state index is 5.69. The Morgan fingerprint density at radius 2 is 1.69 bits per heavy atom. The van der Waals surface area contributed by atoms with E-state index in [-0.39, 0.29) is 6.29 Å². The summed E-state index contributed by atoms with van der Waals surface area (Å²) >= 11 is 0. The minimum absolute atomic E-state index is 0.271. The van der Waals surface area contributed by atoms with Gasteiger partial charge in [-0.1, -0.05) is 26.0 Å². The predicted molar refractivity (Wildman–Crippen MR) is 65.0 cm³/mol. The maximum Gasteiger partial charge on any atom is 0.313 e. The highest BCUT2D eigenvalue weighted by Gasteiger charge is 2.09. The lowest BCUT2D eigenvalue weighted by molar-refractivity contribution is -0.0391. The lowest BCUT2D eigenvalue weighted by Gasteiger charge is -2.16. The van der Waals surface area contributed by atoms with Crippen molar-refractivity contribution < 1.29 is 13.9 Å². The van der Waals surface area contributed by atoms with Crippen LogP contribution in [0, 0.1) is 0 Å². The van der Waals surface area contributed by atoms with Gasteiger partial charge >= 0.3 is 9.76 Å². The van der Waals surface area contributed by atoms with Gasteiger partial charge in [-0.15, -0.1) is 0 Å². The highest BCUT2D eigenvalue weighted by atomic mass is 28.2. The van der Waals surface area contributed by atoms with Crippen molar-refractivity contribution in [2.24, 2.45) is 0 Å². The Morgan fingerprint density at radius 1 is 1.06 bits per heavy atom. The molecular weight excluding hydrogens is 220 g/mol. The molecule has 1 atom stereocenters. The van der Waals surface area contributed by atoms with Crippen molar-refractivity contribution in [3.8, 4) is 11.5 Å². The highest BCUT2D eigenvalue weighted by Crippen LogP contribution is 2.27. The largest absolute Gasteiger partial charge is 0.538 e. The fourth-order valence-corrected chi connectivity index (χ4v) is 1.57. The molecule has 2 radical (unpaired) electrons. The van der Waals surface area contributed by atoms with Crippen LogP contribution in [0.3, 0.4) is 0 Å². The van der Waals surface area contributed by atoms with Crippen LogP contribution in [0.25, 0.3) is 0 Å². The molecule has 0 N–H and O–H groups in total. The molecule has 1 aromatic rings. The summed E-state index contributed by atoms with van der Waals surface area (Å²) in [5.74, 6) is 1.50. The molecule has 1 unspecified atom stereocenters. The van der Waals surface area contributed by atoms with Crippen molar-refractivity contribution in [1.29, 1.82) is 0 Å². The van der Waals surface area contributed by atoms with E-state index in [9.17, 15) is 0 Å². The van der Waals surface area contributed by atoms with E-state index in [1.54, 1.807) is 7.11 Å². The van der Waals surface area contributed by atoms with Crippen LogP contribution in [0.4, 0.5) is 0 Å². The van der Waals surface area contributed by atoms with Crippen LogP contribution in [-0.2, 0) is 4.74 Å². The average Bonchev–Trinajstić information content (AvgIpc) is 2.27. The van der Waals surface area contributed by atoms with Gasteiger partial charge in [0.05, 0.1) is 0 Å². The lowest BCUT2D eigenvalue weighted by atomic mass is 10.3. The normalized spacial score (nSPS) is 12.6. The van der Waals surface area contributed by atoms with E-state index in [0.717, 1.165) is 11.5 Å². The van der Waals surface area contributed by atoms with Crippen molar-refractivity contribution in [3.05, 3.63) is 24.3 Å². The molecular formula is C12H18O3Si. The summed E-state index contributed by atoms with van der Waals surface area (Å²) in [5.41, 5.74) is 0.521. The first-order valence-electron chi connectivity index (χ1n) is 5.34. The van der Waals surface area contributed by atoms with E-state index >= 15 is 0 Å². The second kappa shape index (κ2) is 6.55. The molecule has 3 nitrogen and oxygen atoms in total. The summed E-state index contributed by atoms with van der Waals surface area (Å²) in [6.45, 7) is 6.10. The van der Waals surface area contributed by atoms with E-state index in [1.807, 2.05) is 31.2 Å². The van der Waals surface area contributed by atoms with Crippen molar-refractivity contribution in [1.82, 2.24) is 0 Å². The molecule has 4 heteroatoms.